The van der Waals surface area contributed by atoms with E-state index in [1.54, 1.807) is 25.1 Å². The van der Waals surface area contributed by atoms with Gasteiger partial charge in [0, 0.05) is 29.7 Å². The van der Waals surface area contributed by atoms with Crippen molar-refractivity contribution < 1.29 is 18.8 Å². The fraction of sp³-hybridized carbons (Fsp3) is 0.333. The van der Waals surface area contributed by atoms with Crippen molar-refractivity contribution in [2.75, 3.05) is 25.2 Å². The lowest BCUT2D eigenvalue weighted by atomic mass is 9.83. The summed E-state index contributed by atoms with van der Waals surface area (Å²) in [4.78, 5) is 13.0. The monoisotopic (exact) mass is 386 g/mol. The Labute approximate surface area is 163 Å². The molecule has 0 unspecified atom stereocenters. The second-order valence-electron chi connectivity index (χ2n) is 7.23. The normalized spacial score (nSPS) is 14.5. The van der Waals surface area contributed by atoms with E-state index in [-0.39, 0.29) is 17.0 Å². The summed E-state index contributed by atoms with van der Waals surface area (Å²) in [7, 11) is 1.45. The molecule has 6 nitrogen and oxygen atoms in total. The molecule has 0 saturated heterocycles. The van der Waals surface area contributed by atoms with Crippen molar-refractivity contribution in [1.82, 2.24) is 0 Å². The smallest absolute Gasteiger partial charge is 0.292 e. The Balaban J connectivity index is 2.33. The molecule has 0 fully saturated rings. The van der Waals surface area contributed by atoms with E-state index in [9.17, 15) is 14.5 Å². The highest BCUT2D eigenvalue weighted by atomic mass is 19.1. The lowest BCUT2D eigenvalue weighted by Crippen LogP contribution is -2.26. The van der Waals surface area contributed by atoms with Crippen molar-refractivity contribution in [2.24, 2.45) is 0 Å². The number of benzene rings is 2. The second-order valence-corrected chi connectivity index (χ2v) is 7.23. The number of para-hydroxylation sites is 2. The Kier molecular flexibility index (Phi) is 5.02. The van der Waals surface area contributed by atoms with Crippen LogP contribution in [0.3, 0.4) is 0 Å². The van der Waals surface area contributed by atoms with Crippen LogP contribution in [0.4, 0.5) is 21.5 Å². The largest absolute Gasteiger partial charge is 0.494 e. The number of hydrogen-bond acceptors (Lipinski definition) is 5. The van der Waals surface area contributed by atoms with Gasteiger partial charge in [-0.15, -0.1) is 0 Å². The predicted molar refractivity (Wildman–Crippen MR) is 107 cm³/mol. The zero-order valence-electron chi connectivity index (χ0n) is 16.4. The molecule has 0 N–H and O–H groups in total. The van der Waals surface area contributed by atoms with Gasteiger partial charge in [0.05, 0.1) is 29.9 Å². The maximum atomic E-state index is 15.0. The second kappa shape index (κ2) is 7.14. The van der Waals surface area contributed by atoms with Gasteiger partial charge in [-0.2, -0.15) is 0 Å². The van der Waals surface area contributed by atoms with Crippen LogP contribution in [0, 0.1) is 15.9 Å². The number of anilines is 2. The molecule has 1 aliphatic heterocycles. The Bertz CT molecular complexity index is 956. The Morgan fingerprint density at radius 2 is 2.07 bits per heavy atom. The molecule has 0 aliphatic carbocycles. The number of ether oxygens (including phenoxy) is 2. The van der Waals surface area contributed by atoms with Gasteiger partial charge in [-0.3, -0.25) is 10.1 Å². The Morgan fingerprint density at radius 3 is 2.68 bits per heavy atom. The van der Waals surface area contributed by atoms with E-state index in [2.05, 4.69) is 6.58 Å². The number of halogens is 1. The van der Waals surface area contributed by atoms with E-state index in [4.69, 9.17) is 9.47 Å². The van der Waals surface area contributed by atoms with Crippen LogP contribution in [0.15, 0.2) is 36.9 Å². The van der Waals surface area contributed by atoms with Crippen LogP contribution in [0.2, 0.25) is 0 Å². The maximum absolute atomic E-state index is 15.0. The number of nitrogens with zero attached hydrogens (tertiary/aromatic N) is 2. The fourth-order valence-corrected chi connectivity index (χ4v) is 3.82. The number of hydrogen-bond donors (Lipinski definition) is 0. The van der Waals surface area contributed by atoms with Gasteiger partial charge >= 0.3 is 0 Å². The van der Waals surface area contributed by atoms with Gasteiger partial charge in [-0.25, -0.2) is 4.39 Å². The van der Waals surface area contributed by atoms with Gasteiger partial charge < -0.3 is 14.4 Å². The molecule has 1 aliphatic rings. The summed E-state index contributed by atoms with van der Waals surface area (Å²) < 4.78 is 26.0. The first-order valence-electron chi connectivity index (χ1n) is 8.97. The van der Waals surface area contributed by atoms with Crippen molar-refractivity contribution in [3.63, 3.8) is 0 Å². The minimum absolute atomic E-state index is 0.0253. The third-order valence-electron chi connectivity index (χ3n) is 4.90. The molecule has 0 amide bonds. The van der Waals surface area contributed by atoms with E-state index in [0.717, 1.165) is 0 Å². The van der Waals surface area contributed by atoms with E-state index in [1.807, 2.05) is 18.7 Å². The molecule has 3 rings (SSSR count). The number of rotatable bonds is 6. The van der Waals surface area contributed by atoms with Crippen molar-refractivity contribution >= 4 is 22.8 Å². The molecule has 0 bridgehead atoms. The maximum Gasteiger partial charge on any atom is 0.292 e. The molecule has 2 aromatic rings. The highest BCUT2D eigenvalue weighted by molar-refractivity contribution is 5.86. The molecule has 0 radical (unpaired) electrons. The third kappa shape index (κ3) is 3.06. The van der Waals surface area contributed by atoms with E-state index in [1.165, 1.54) is 19.2 Å². The summed E-state index contributed by atoms with van der Waals surface area (Å²) in [6.45, 7) is 10.4. The molecule has 0 saturated carbocycles. The highest BCUT2D eigenvalue weighted by Gasteiger charge is 2.43. The van der Waals surface area contributed by atoms with E-state index in [0.29, 0.717) is 35.8 Å². The quantitative estimate of drug-likeness (QED) is 0.389. The summed E-state index contributed by atoms with van der Waals surface area (Å²) in [6.07, 6.45) is 0. The SMILES string of the molecule is C=C(OCC)c1c(F)cc(OC)c2c1C(C)(C)CN2c1ccccc1[N+](=O)[O-]. The zero-order valence-corrected chi connectivity index (χ0v) is 16.4. The van der Waals surface area contributed by atoms with Gasteiger partial charge in [-0.1, -0.05) is 32.6 Å². The van der Waals surface area contributed by atoms with E-state index >= 15 is 0 Å². The van der Waals surface area contributed by atoms with Crippen LogP contribution in [-0.4, -0.2) is 25.2 Å². The number of nitro benzene ring substituents is 1. The molecule has 0 spiro atoms. The van der Waals surface area contributed by atoms with Gasteiger partial charge in [0.15, 0.2) is 0 Å². The first-order chi connectivity index (χ1) is 13.2. The Morgan fingerprint density at radius 1 is 1.39 bits per heavy atom. The summed E-state index contributed by atoms with van der Waals surface area (Å²) in [6, 6.07) is 7.78. The van der Waals surface area contributed by atoms with Crippen LogP contribution in [0.5, 0.6) is 5.75 Å². The topological polar surface area (TPSA) is 64.8 Å². The number of nitro groups is 1. The van der Waals surface area contributed by atoms with Crippen molar-refractivity contribution in [2.45, 2.75) is 26.2 Å². The average molecular weight is 386 g/mol. The highest BCUT2D eigenvalue weighted by Crippen LogP contribution is 2.53. The molecule has 28 heavy (non-hydrogen) atoms. The first kappa shape index (κ1) is 19.7. The molecule has 0 atom stereocenters. The number of methoxy groups -OCH3 is 1. The lowest BCUT2D eigenvalue weighted by molar-refractivity contribution is -0.384. The van der Waals surface area contributed by atoms with Crippen LogP contribution in [0.1, 0.15) is 31.9 Å². The number of fused-ring (bicyclic) bond motifs is 1. The molecule has 148 valence electrons. The minimum Gasteiger partial charge on any atom is -0.494 e. The van der Waals surface area contributed by atoms with Crippen molar-refractivity contribution in [3.05, 3.63) is 64.0 Å². The third-order valence-corrected chi connectivity index (χ3v) is 4.90. The van der Waals surface area contributed by atoms with Crippen LogP contribution in [-0.2, 0) is 10.2 Å². The summed E-state index contributed by atoms with van der Waals surface area (Å²) in [5.74, 6) is 0.0483. The van der Waals surface area contributed by atoms with Crippen LogP contribution in [0.25, 0.3) is 5.76 Å². The molecule has 1 heterocycles. The van der Waals surface area contributed by atoms with Gasteiger partial charge in [-0.05, 0) is 13.0 Å². The first-order valence-corrected chi connectivity index (χ1v) is 8.97. The molecular formula is C21H23FN2O4. The van der Waals surface area contributed by atoms with E-state index < -0.39 is 16.2 Å². The minimum atomic E-state index is -0.524. The summed E-state index contributed by atoms with van der Waals surface area (Å²) in [5, 5.41) is 11.6. The lowest BCUT2D eigenvalue weighted by Gasteiger charge is -2.23. The Hall–Kier alpha value is -3.09. The molecular weight excluding hydrogens is 363 g/mol. The van der Waals surface area contributed by atoms with Crippen molar-refractivity contribution in [1.29, 1.82) is 0 Å². The predicted octanol–water partition coefficient (Wildman–Crippen LogP) is 5.18. The summed E-state index contributed by atoms with van der Waals surface area (Å²) in [5.41, 5.74) is 1.42. The molecule has 7 heteroatoms. The van der Waals surface area contributed by atoms with Gasteiger partial charge in [0.1, 0.15) is 23.0 Å². The van der Waals surface area contributed by atoms with Crippen LogP contribution < -0.4 is 9.64 Å². The van der Waals surface area contributed by atoms with Crippen molar-refractivity contribution in [3.8, 4) is 5.75 Å². The van der Waals surface area contributed by atoms with Crippen LogP contribution >= 0.6 is 0 Å². The van der Waals surface area contributed by atoms with Gasteiger partial charge in [0.25, 0.3) is 5.69 Å². The molecule has 2 aromatic carbocycles. The summed E-state index contributed by atoms with van der Waals surface area (Å²) >= 11 is 0. The van der Waals surface area contributed by atoms with Gasteiger partial charge in [0.2, 0.25) is 0 Å². The standard InChI is InChI=1S/C21H23FN2O4/c1-6-28-13(2)18-14(22)11-17(27-5)20-19(18)21(3,4)12-23(20)15-9-7-8-10-16(15)24(25)26/h7-11H,2,6,12H2,1,3-5H3. The average Bonchev–Trinajstić information content (AvgIpc) is 2.92. The molecule has 0 aromatic heterocycles. The zero-order chi connectivity index (χ0) is 20.6. The fourth-order valence-electron chi connectivity index (χ4n) is 3.82.